The van der Waals surface area contributed by atoms with Gasteiger partial charge in [0, 0.05) is 24.0 Å². The average Bonchev–Trinajstić information content (AvgIpc) is 3.27. The first kappa shape index (κ1) is 13.7. The van der Waals surface area contributed by atoms with Crippen molar-refractivity contribution in [3.63, 3.8) is 0 Å². The number of ether oxygens (including phenoxy) is 2. The maximum Gasteiger partial charge on any atom is 0.255 e. The van der Waals surface area contributed by atoms with Crippen LogP contribution in [0.4, 0.5) is 5.13 Å². The van der Waals surface area contributed by atoms with Gasteiger partial charge in [0.25, 0.3) is 5.91 Å². The monoisotopic (exact) mass is 316 g/mol. The van der Waals surface area contributed by atoms with Gasteiger partial charge in [-0.25, -0.2) is 4.98 Å². The Bertz CT molecular complexity index is 707. The first-order valence-corrected chi connectivity index (χ1v) is 8.32. The molecule has 0 radical (unpaired) electrons. The number of nitrogens with zero attached hydrogens (tertiary/aromatic N) is 1. The molecule has 0 saturated carbocycles. The maximum absolute atomic E-state index is 12.0. The molecule has 5 nitrogen and oxygen atoms in total. The summed E-state index contributed by atoms with van der Waals surface area (Å²) in [5.74, 6) is 0.867. The number of thiazole rings is 1. The molecular formula is C16H16N2O3S. The van der Waals surface area contributed by atoms with Crippen LogP contribution < -0.4 is 10.1 Å². The summed E-state index contributed by atoms with van der Waals surface area (Å²) >= 11 is 1.43. The zero-order valence-electron chi connectivity index (χ0n) is 12.0. The number of nitrogens with one attached hydrogen (secondary N) is 1. The highest BCUT2D eigenvalue weighted by Gasteiger charge is 2.24. The van der Waals surface area contributed by atoms with Crippen LogP contribution in [0.5, 0.6) is 5.75 Å². The standard InChI is InChI=1S/C16H16N2O3S/c19-15(14-2-1-6-20-14)18-16-17-12(9-22-16)10-3-4-13-11(8-10)5-7-21-13/h3-4,8-9,14H,1-2,5-7H2,(H,17,18,19). The second kappa shape index (κ2) is 5.70. The number of fused-ring (bicyclic) bond motifs is 1. The molecule has 1 atom stereocenters. The smallest absolute Gasteiger partial charge is 0.255 e. The van der Waals surface area contributed by atoms with Crippen LogP contribution in [0.15, 0.2) is 23.6 Å². The molecule has 2 aliphatic rings. The van der Waals surface area contributed by atoms with Gasteiger partial charge in [-0.3, -0.25) is 10.1 Å². The molecule has 6 heteroatoms. The lowest BCUT2D eigenvalue weighted by molar-refractivity contribution is -0.124. The van der Waals surface area contributed by atoms with Crippen molar-refractivity contribution >= 4 is 22.4 Å². The van der Waals surface area contributed by atoms with Crippen LogP contribution in [0.3, 0.4) is 0 Å². The number of hydrogen-bond acceptors (Lipinski definition) is 5. The summed E-state index contributed by atoms with van der Waals surface area (Å²) in [7, 11) is 0. The van der Waals surface area contributed by atoms with E-state index in [2.05, 4.69) is 16.4 Å². The van der Waals surface area contributed by atoms with Crippen molar-refractivity contribution in [1.29, 1.82) is 0 Å². The lowest BCUT2D eigenvalue weighted by Gasteiger charge is -2.07. The zero-order chi connectivity index (χ0) is 14.9. The average molecular weight is 316 g/mol. The van der Waals surface area contributed by atoms with E-state index >= 15 is 0 Å². The van der Waals surface area contributed by atoms with Gasteiger partial charge in [0.15, 0.2) is 5.13 Å². The van der Waals surface area contributed by atoms with Gasteiger partial charge in [-0.1, -0.05) is 0 Å². The van der Waals surface area contributed by atoms with Crippen LogP contribution in [0.2, 0.25) is 0 Å². The highest BCUT2D eigenvalue weighted by Crippen LogP contribution is 2.32. The molecule has 114 valence electrons. The largest absolute Gasteiger partial charge is 0.493 e. The number of carbonyl (C=O) groups is 1. The number of aromatic nitrogens is 1. The molecule has 1 aromatic heterocycles. The molecule has 1 unspecified atom stereocenters. The Kier molecular flexibility index (Phi) is 3.56. The number of anilines is 1. The summed E-state index contributed by atoms with van der Waals surface area (Å²) in [4.78, 5) is 16.5. The third-order valence-electron chi connectivity index (χ3n) is 3.94. The van der Waals surface area contributed by atoms with Crippen molar-refractivity contribution in [2.45, 2.75) is 25.4 Å². The molecule has 0 bridgehead atoms. The lowest BCUT2D eigenvalue weighted by Crippen LogP contribution is -2.26. The fourth-order valence-corrected chi connectivity index (χ4v) is 3.50. The molecule has 1 N–H and O–H groups in total. The van der Waals surface area contributed by atoms with Crippen LogP contribution in [0.1, 0.15) is 18.4 Å². The predicted molar refractivity (Wildman–Crippen MR) is 84.4 cm³/mol. The summed E-state index contributed by atoms with van der Waals surface area (Å²) < 4.78 is 10.9. The molecule has 22 heavy (non-hydrogen) atoms. The third-order valence-corrected chi connectivity index (χ3v) is 4.70. The van der Waals surface area contributed by atoms with E-state index in [9.17, 15) is 4.79 Å². The van der Waals surface area contributed by atoms with E-state index in [0.29, 0.717) is 11.7 Å². The zero-order valence-corrected chi connectivity index (χ0v) is 12.8. The third kappa shape index (κ3) is 2.60. The Balaban J connectivity index is 1.50. The van der Waals surface area contributed by atoms with Crippen LogP contribution in [0, 0.1) is 0 Å². The van der Waals surface area contributed by atoms with E-state index in [1.165, 1.54) is 16.9 Å². The minimum atomic E-state index is -0.329. The fourth-order valence-electron chi connectivity index (χ4n) is 2.78. The van der Waals surface area contributed by atoms with E-state index in [1.807, 2.05) is 17.5 Å². The molecular weight excluding hydrogens is 300 g/mol. The summed E-state index contributed by atoms with van der Waals surface area (Å²) in [5.41, 5.74) is 3.15. The Morgan fingerprint density at radius 3 is 3.18 bits per heavy atom. The molecule has 0 aliphatic carbocycles. The van der Waals surface area contributed by atoms with Gasteiger partial charge in [-0.05, 0) is 36.6 Å². The highest BCUT2D eigenvalue weighted by atomic mass is 32.1. The Morgan fingerprint density at radius 2 is 2.32 bits per heavy atom. The molecule has 1 saturated heterocycles. The first-order valence-electron chi connectivity index (χ1n) is 7.44. The molecule has 1 aromatic carbocycles. The van der Waals surface area contributed by atoms with Gasteiger partial charge in [-0.2, -0.15) is 0 Å². The van der Waals surface area contributed by atoms with Crippen molar-refractivity contribution in [3.05, 3.63) is 29.1 Å². The van der Waals surface area contributed by atoms with Crippen LogP contribution >= 0.6 is 11.3 Å². The number of rotatable bonds is 3. The van der Waals surface area contributed by atoms with E-state index in [0.717, 1.165) is 42.9 Å². The van der Waals surface area contributed by atoms with Gasteiger partial charge in [0.05, 0.1) is 12.3 Å². The summed E-state index contributed by atoms with van der Waals surface area (Å²) in [6.07, 6.45) is 2.34. The van der Waals surface area contributed by atoms with Crippen LogP contribution in [-0.2, 0) is 16.0 Å². The van der Waals surface area contributed by atoms with E-state index in [1.54, 1.807) is 0 Å². The van der Waals surface area contributed by atoms with Crippen LogP contribution in [-0.4, -0.2) is 30.2 Å². The van der Waals surface area contributed by atoms with Crippen LogP contribution in [0.25, 0.3) is 11.3 Å². The van der Waals surface area contributed by atoms with Gasteiger partial charge >= 0.3 is 0 Å². The Hall–Kier alpha value is -1.92. The van der Waals surface area contributed by atoms with Crippen molar-refractivity contribution in [1.82, 2.24) is 4.98 Å². The Labute approximate surface area is 132 Å². The minimum Gasteiger partial charge on any atom is -0.493 e. The van der Waals surface area contributed by atoms with Crippen molar-refractivity contribution in [2.75, 3.05) is 18.5 Å². The molecule has 1 fully saturated rings. The van der Waals surface area contributed by atoms with Gasteiger partial charge in [0.1, 0.15) is 11.9 Å². The summed E-state index contributed by atoms with van der Waals surface area (Å²) in [6, 6.07) is 6.11. The number of hydrogen-bond donors (Lipinski definition) is 1. The van der Waals surface area contributed by atoms with Gasteiger partial charge in [-0.15, -0.1) is 11.3 Å². The molecule has 4 rings (SSSR count). The SMILES string of the molecule is O=C(Nc1nc(-c2ccc3c(c2)CCO3)cs1)C1CCCO1. The second-order valence-electron chi connectivity index (χ2n) is 5.45. The van der Waals surface area contributed by atoms with Crippen molar-refractivity contribution in [2.24, 2.45) is 0 Å². The van der Waals surface area contributed by atoms with Crippen molar-refractivity contribution in [3.8, 4) is 17.0 Å². The topological polar surface area (TPSA) is 60.5 Å². The fraction of sp³-hybridized carbons (Fsp3) is 0.375. The minimum absolute atomic E-state index is 0.0965. The van der Waals surface area contributed by atoms with E-state index in [-0.39, 0.29) is 12.0 Å². The highest BCUT2D eigenvalue weighted by molar-refractivity contribution is 7.14. The number of amides is 1. The molecule has 2 aliphatic heterocycles. The summed E-state index contributed by atoms with van der Waals surface area (Å²) in [6.45, 7) is 1.41. The second-order valence-corrected chi connectivity index (χ2v) is 6.31. The van der Waals surface area contributed by atoms with E-state index in [4.69, 9.17) is 9.47 Å². The molecule has 3 heterocycles. The molecule has 0 spiro atoms. The van der Waals surface area contributed by atoms with Crippen molar-refractivity contribution < 1.29 is 14.3 Å². The normalized spacial score (nSPS) is 19.7. The molecule has 1 amide bonds. The lowest BCUT2D eigenvalue weighted by atomic mass is 10.1. The number of benzene rings is 1. The predicted octanol–water partition coefficient (Wildman–Crippen LogP) is 2.86. The first-order chi connectivity index (χ1) is 10.8. The van der Waals surface area contributed by atoms with Gasteiger partial charge < -0.3 is 9.47 Å². The molecule has 2 aromatic rings. The Morgan fingerprint density at radius 1 is 1.36 bits per heavy atom. The van der Waals surface area contributed by atoms with Gasteiger partial charge in [0.2, 0.25) is 0 Å². The quantitative estimate of drug-likeness (QED) is 0.946. The maximum atomic E-state index is 12.0. The number of carbonyl (C=O) groups excluding carboxylic acids is 1. The summed E-state index contributed by atoms with van der Waals surface area (Å²) in [5, 5.41) is 5.42. The van der Waals surface area contributed by atoms with E-state index < -0.39 is 0 Å².